The molecular weight excluding hydrogens is 392 g/mol. The summed E-state index contributed by atoms with van der Waals surface area (Å²) in [5.41, 5.74) is 0.923. The molecule has 2 aromatic heterocycles. The molecule has 0 aliphatic rings. The highest BCUT2D eigenvalue weighted by atomic mass is 32.1. The maximum absolute atomic E-state index is 13.2. The number of carbonyl (C=O) groups excluding carboxylic acids is 2. The molecule has 28 heavy (non-hydrogen) atoms. The summed E-state index contributed by atoms with van der Waals surface area (Å²) >= 11 is 2.95. The van der Waals surface area contributed by atoms with Crippen molar-refractivity contribution in [3.8, 4) is 5.75 Å². The molecule has 0 saturated heterocycles. The monoisotopic (exact) mass is 414 g/mol. The predicted molar refractivity (Wildman–Crippen MR) is 113 cm³/mol. The molecule has 1 N–H and O–H groups in total. The maximum atomic E-state index is 13.2. The second kappa shape index (κ2) is 9.52. The molecule has 0 fully saturated rings. The lowest BCUT2D eigenvalue weighted by molar-refractivity contribution is -0.134. The minimum Gasteiger partial charge on any atom is -0.496 e. The van der Waals surface area contributed by atoms with Crippen molar-refractivity contribution < 1.29 is 14.3 Å². The Bertz CT molecular complexity index is 908. The van der Waals surface area contributed by atoms with Crippen LogP contribution in [-0.2, 0) is 17.9 Å². The number of carbonyl (C=O) groups is 2. The lowest BCUT2D eigenvalue weighted by Crippen LogP contribution is -2.46. The van der Waals surface area contributed by atoms with Crippen LogP contribution in [0.3, 0.4) is 0 Å². The van der Waals surface area contributed by atoms with Gasteiger partial charge in [-0.1, -0.05) is 30.3 Å². The van der Waals surface area contributed by atoms with Crippen LogP contribution in [0.15, 0.2) is 59.3 Å². The van der Waals surface area contributed by atoms with Crippen LogP contribution < -0.4 is 10.1 Å². The van der Waals surface area contributed by atoms with E-state index in [2.05, 4.69) is 5.32 Å². The second-order valence-electron chi connectivity index (χ2n) is 6.26. The molecule has 5 nitrogen and oxygen atoms in total. The molecule has 1 unspecified atom stereocenters. The number of ether oxygens (including phenoxy) is 1. The quantitative estimate of drug-likeness (QED) is 0.602. The lowest BCUT2D eigenvalue weighted by atomic mass is 10.1. The molecule has 3 rings (SSSR count). The topological polar surface area (TPSA) is 58.6 Å². The third kappa shape index (κ3) is 4.99. The lowest BCUT2D eigenvalue weighted by Gasteiger charge is -2.26. The Balaban J connectivity index is 1.77. The molecule has 146 valence electrons. The number of nitrogens with one attached hydrogen (secondary N) is 1. The Kier molecular flexibility index (Phi) is 6.84. The largest absolute Gasteiger partial charge is 0.496 e. The number of hydrogen-bond donors (Lipinski definition) is 1. The number of para-hydroxylation sites is 1. The molecule has 0 spiro atoms. The van der Waals surface area contributed by atoms with Crippen LogP contribution in [-0.4, -0.2) is 29.9 Å². The van der Waals surface area contributed by atoms with Gasteiger partial charge in [0.05, 0.1) is 18.5 Å². The van der Waals surface area contributed by atoms with Gasteiger partial charge in [0.25, 0.3) is 5.91 Å². The van der Waals surface area contributed by atoms with Crippen molar-refractivity contribution in [1.29, 1.82) is 0 Å². The van der Waals surface area contributed by atoms with Gasteiger partial charge < -0.3 is 15.0 Å². The number of thiophene rings is 2. The maximum Gasteiger partial charge on any atom is 0.261 e. The number of hydrogen-bond acceptors (Lipinski definition) is 5. The van der Waals surface area contributed by atoms with Crippen LogP contribution in [0.5, 0.6) is 5.75 Å². The van der Waals surface area contributed by atoms with Gasteiger partial charge in [0.1, 0.15) is 11.8 Å². The van der Waals surface area contributed by atoms with Crippen LogP contribution in [0.4, 0.5) is 0 Å². The molecule has 2 amide bonds. The van der Waals surface area contributed by atoms with Crippen molar-refractivity contribution in [1.82, 2.24) is 10.2 Å². The normalized spacial score (nSPS) is 11.6. The van der Waals surface area contributed by atoms with Crippen LogP contribution in [0.25, 0.3) is 0 Å². The van der Waals surface area contributed by atoms with Crippen molar-refractivity contribution >= 4 is 34.5 Å². The summed E-state index contributed by atoms with van der Waals surface area (Å²) in [5, 5.41) is 6.64. The number of nitrogens with zero attached hydrogens (tertiary/aromatic N) is 1. The third-order valence-corrected chi connectivity index (χ3v) is 5.98. The molecular formula is C21H22N2O3S2. The van der Waals surface area contributed by atoms with Gasteiger partial charge in [0.15, 0.2) is 0 Å². The van der Waals surface area contributed by atoms with Gasteiger partial charge >= 0.3 is 0 Å². The summed E-state index contributed by atoms with van der Waals surface area (Å²) in [4.78, 5) is 28.9. The Morgan fingerprint density at radius 2 is 1.79 bits per heavy atom. The van der Waals surface area contributed by atoms with Crippen LogP contribution >= 0.6 is 22.7 Å². The third-order valence-electron chi connectivity index (χ3n) is 4.26. The summed E-state index contributed by atoms with van der Waals surface area (Å²) in [5.74, 6) is 0.371. The van der Waals surface area contributed by atoms with Crippen molar-refractivity contribution in [3.63, 3.8) is 0 Å². The zero-order chi connectivity index (χ0) is 19.9. The smallest absolute Gasteiger partial charge is 0.261 e. The van der Waals surface area contributed by atoms with E-state index in [0.29, 0.717) is 18.0 Å². The van der Waals surface area contributed by atoms with Gasteiger partial charge in [-0.05, 0) is 35.9 Å². The average molecular weight is 415 g/mol. The average Bonchev–Trinajstić information content (AvgIpc) is 3.41. The van der Waals surface area contributed by atoms with Gasteiger partial charge in [-0.15, -0.1) is 22.7 Å². The fraction of sp³-hybridized carbons (Fsp3) is 0.238. The summed E-state index contributed by atoms with van der Waals surface area (Å²) in [6.45, 7) is 2.60. The highest BCUT2D eigenvalue weighted by Crippen LogP contribution is 2.22. The van der Waals surface area contributed by atoms with E-state index in [-0.39, 0.29) is 11.8 Å². The first-order valence-electron chi connectivity index (χ1n) is 8.86. The first kappa shape index (κ1) is 20.1. The van der Waals surface area contributed by atoms with Gasteiger partial charge in [-0.2, -0.15) is 0 Å². The van der Waals surface area contributed by atoms with E-state index in [1.54, 1.807) is 36.3 Å². The summed E-state index contributed by atoms with van der Waals surface area (Å²) in [6, 6.07) is 14.5. The fourth-order valence-electron chi connectivity index (χ4n) is 2.85. The molecule has 1 atom stereocenters. The van der Waals surface area contributed by atoms with Crippen molar-refractivity contribution in [3.05, 3.63) is 74.6 Å². The molecule has 0 aliphatic carbocycles. The van der Waals surface area contributed by atoms with E-state index in [1.165, 1.54) is 11.3 Å². The van der Waals surface area contributed by atoms with Crippen LogP contribution in [0, 0.1) is 0 Å². The van der Waals surface area contributed by atoms with Crippen LogP contribution in [0.1, 0.15) is 27.0 Å². The first-order valence-corrected chi connectivity index (χ1v) is 10.6. The molecule has 0 bridgehead atoms. The summed E-state index contributed by atoms with van der Waals surface area (Å²) in [6.07, 6.45) is 0. The fourth-order valence-corrected chi connectivity index (χ4v) is 4.20. The molecule has 1 aromatic carbocycles. The zero-order valence-electron chi connectivity index (χ0n) is 15.8. The summed E-state index contributed by atoms with van der Waals surface area (Å²) < 4.78 is 5.43. The van der Waals surface area contributed by atoms with Gasteiger partial charge in [-0.25, -0.2) is 0 Å². The minimum atomic E-state index is -0.635. The van der Waals surface area contributed by atoms with E-state index in [9.17, 15) is 9.59 Å². The molecule has 3 aromatic rings. The minimum absolute atomic E-state index is 0.135. The molecule has 7 heteroatoms. The SMILES string of the molecule is COc1ccccc1CN(Cc1cccs1)C(=O)C(C)NC(=O)c1cccs1. The standard InChI is InChI=1S/C21H22N2O3S2/c1-15(22-20(24)19-10-6-12-28-19)21(25)23(14-17-8-5-11-27-17)13-16-7-3-4-9-18(16)26-2/h3-12,15H,13-14H2,1-2H3,(H,22,24). The molecule has 0 aliphatic heterocycles. The van der Waals surface area contributed by atoms with E-state index in [0.717, 1.165) is 16.2 Å². The highest BCUT2D eigenvalue weighted by Gasteiger charge is 2.24. The van der Waals surface area contributed by atoms with E-state index in [4.69, 9.17) is 4.74 Å². The second-order valence-corrected chi connectivity index (χ2v) is 8.24. The highest BCUT2D eigenvalue weighted by molar-refractivity contribution is 7.12. The number of benzene rings is 1. The zero-order valence-corrected chi connectivity index (χ0v) is 17.4. The first-order chi connectivity index (χ1) is 13.6. The number of amides is 2. The van der Waals surface area contributed by atoms with Crippen molar-refractivity contribution in [2.24, 2.45) is 0 Å². The van der Waals surface area contributed by atoms with E-state index in [1.807, 2.05) is 53.2 Å². The van der Waals surface area contributed by atoms with Gasteiger partial charge in [-0.3, -0.25) is 9.59 Å². The summed E-state index contributed by atoms with van der Waals surface area (Å²) in [7, 11) is 1.62. The molecule has 2 heterocycles. The van der Waals surface area contributed by atoms with Crippen molar-refractivity contribution in [2.75, 3.05) is 7.11 Å². The Morgan fingerprint density at radius 3 is 2.46 bits per heavy atom. The van der Waals surface area contributed by atoms with E-state index < -0.39 is 6.04 Å². The Morgan fingerprint density at radius 1 is 1.04 bits per heavy atom. The van der Waals surface area contributed by atoms with Crippen LogP contribution in [0.2, 0.25) is 0 Å². The molecule has 0 radical (unpaired) electrons. The Hall–Kier alpha value is -2.64. The number of methoxy groups -OCH3 is 1. The van der Waals surface area contributed by atoms with Crippen molar-refractivity contribution in [2.45, 2.75) is 26.1 Å². The Labute approximate surface area is 172 Å². The number of rotatable bonds is 8. The van der Waals surface area contributed by atoms with Gasteiger partial charge in [0.2, 0.25) is 5.91 Å². The van der Waals surface area contributed by atoms with Gasteiger partial charge in [0, 0.05) is 17.0 Å². The predicted octanol–water partition coefficient (Wildman–Crippen LogP) is 4.17. The molecule has 0 saturated carbocycles. The van der Waals surface area contributed by atoms with E-state index >= 15 is 0 Å².